The van der Waals surface area contributed by atoms with Crippen molar-refractivity contribution < 1.29 is 14.7 Å². The van der Waals surface area contributed by atoms with Crippen LogP contribution in [0.25, 0.3) is 0 Å². The van der Waals surface area contributed by atoms with E-state index in [1.54, 1.807) is 0 Å². The van der Waals surface area contributed by atoms with Gasteiger partial charge in [0.15, 0.2) is 0 Å². The van der Waals surface area contributed by atoms with E-state index in [9.17, 15) is 9.59 Å². The van der Waals surface area contributed by atoms with Crippen LogP contribution in [-0.2, 0) is 4.79 Å². The number of carbonyl (C=O) groups is 2. The number of carbonyl (C=O) groups excluding carboxylic acids is 2. The van der Waals surface area contributed by atoms with Crippen LogP contribution in [0.5, 0.6) is 0 Å². The first-order valence-electron chi connectivity index (χ1n) is 6.00. The summed E-state index contributed by atoms with van der Waals surface area (Å²) in [6, 6.07) is -0.463. The van der Waals surface area contributed by atoms with E-state index in [1.165, 1.54) is 7.05 Å². The average molecular weight is 243 g/mol. The topological polar surface area (TPSA) is 81.7 Å². The summed E-state index contributed by atoms with van der Waals surface area (Å²) in [4.78, 5) is 24.4. The van der Waals surface area contributed by atoms with Crippen molar-refractivity contribution in [3.05, 3.63) is 0 Å². The molecule has 3 amide bonds. The Hall–Kier alpha value is -1.14. The molecule has 1 aliphatic heterocycles. The fourth-order valence-corrected chi connectivity index (χ4v) is 2.05. The zero-order chi connectivity index (χ0) is 12.7. The first-order valence-corrected chi connectivity index (χ1v) is 6.00. The zero-order valence-corrected chi connectivity index (χ0v) is 10.2. The van der Waals surface area contributed by atoms with Crippen LogP contribution < -0.4 is 10.6 Å². The minimum absolute atomic E-state index is 0.232. The van der Waals surface area contributed by atoms with Gasteiger partial charge in [-0.3, -0.25) is 10.1 Å². The lowest BCUT2D eigenvalue weighted by Crippen LogP contribution is -2.38. The molecule has 1 saturated heterocycles. The van der Waals surface area contributed by atoms with Crippen LogP contribution in [0.15, 0.2) is 0 Å². The van der Waals surface area contributed by atoms with Gasteiger partial charge in [-0.05, 0) is 25.3 Å². The third kappa shape index (κ3) is 5.14. The normalized spacial score (nSPS) is 20.2. The lowest BCUT2D eigenvalue weighted by Gasteiger charge is -2.15. The van der Waals surface area contributed by atoms with Crippen molar-refractivity contribution in [2.75, 3.05) is 33.3 Å². The molecule has 6 heteroatoms. The Bertz CT molecular complexity index is 271. The molecule has 0 bridgehead atoms. The van der Waals surface area contributed by atoms with Gasteiger partial charge < -0.3 is 15.3 Å². The smallest absolute Gasteiger partial charge is 0.321 e. The van der Waals surface area contributed by atoms with Gasteiger partial charge in [-0.1, -0.05) is 0 Å². The third-order valence-electron chi connectivity index (χ3n) is 3.04. The average Bonchev–Trinajstić information content (AvgIpc) is 2.74. The van der Waals surface area contributed by atoms with Gasteiger partial charge in [-0.15, -0.1) is 0 Å². The summed E-state index contributed by atoms with van der Waals surface area (Å²) in [7, 11) is 1.47. The number of nitrogens with one attached hydrogen (secondary N) is 2. The first-order chi connectivity index (χ1) is 8.15. The summed E-state index contributed by atoms with van der Waals surface area (Å²) in [5.41, 5.74) is 0. The van der Waals surface area contributed by atoms with Crippen molar-refractivity contribution in [3.8, 4) is 0 Å². The summed E-state index contributed by atoms with van der Waals surface area (Å²) >= 11 is 0. The Morgan fingerprint density at radius 2 is 2.24 bits per heavy atom. The standard InChI is InChI=1S/C11H21N3O3/c1-12-11(17)13-10(16)3-6-14-5-2-9(8-14)4-7-15/h9,15H,2-8H2,1H3,(H2,12,13,16,17). The van der Waals surface area contributed by atoms with E-state index in [4.69, 9.17) is 5.11 Å². The number of aliphatic hydroxyl groups excluding tert-OH is 1. The number of amides is 3. The number of aliphatic hydroxyl groups is 1. The van der Waals surface area contributed by atoms with Crippen LogP contribution in [0.2, 0.25) is 0 Å². The molecule has 0 aromatic heterocycles. The largest absolute Gasteiger partial charge is 0.396 e. The van der Waals surface area contributed by atoms with Crippen molar-refractivity contribution in [2.45, 2.75) is 19.3 Å². The lowest BCUT2D eigenvalue weighted by atomic mass is 10.1. The maximum Gasteiger partial charge on any atom is 0.321 e. The van der Waals surface area contributed by atoms with E-state index in [0.717, 1.165) is 25.9 Å². The Labute approximate surface area is 101 Å². The Morgan fingerprint density at radius 3 is 2.88 bits per heavy atom. The van der Waals surface area contributed by atoms with Gasteiger partial charge in [0.05, 0.1) is 0 Å². The molecule has 6 nitrogen and oxygen atoms in total. The van der Waals surface area contributed by atoms with Gasteiger partial charge in [0.25, 0.3) is 0 Å². The van der Waals surface area contributed by atoms with E-state index in [1.807, 2.05) is 0 Å². The van der Waals surface area contributed by atoms with Gasteiger partial charge in [0.2, 0.25) is 5.91 Å². The zero-order valence-electron chi connectivity index (χ0n) is 10.2. The van der Waals surface area contributed by atoms with E-state index in [0.29, 0.717) is 18.9 Å². The molecule has 0 spiro atoms. The summed E-state index contributed by atoms with van der Waals surface area (Å²) < 4.78 is 0. The maximum atomic E-state index is 11.3. The molecule has 98 valence electrons. The van der Waals surface area contributed by atoms with Gasteiger partial charge >= 0.3 is 6.03 Å². The predicted molar refractivity (Wildman–Crippen MR) is 63.5 cm³/mol. The molecule has 0 saturated carbocycles. The third-order valence-corrected chi connectivity index (χ3v) is 3.04. The van der Waals surface area contributed by atoms with Crippen LogP contribution in [0, 0.1) is 5.92 Å². The van der Waals surface area contributed by atoms with Gasteiger partial charge in [0, 0.05) is 33.2 Å². The van der Waals surface area contributed by atoms with E-state index >= 15 is 0 Å². The molecule has 1 heterocycles. The van der Waals surface area contributed by atoms with E-state index in [2.05, 4.69) is 15.5 Å². The quantitative estimate of drug-likeness (QED) is 0.610. The second-order valence-electron chi connectivity index (χ2n) is 4.34. The Morgan fingerprint density at radius 1 is 1.47 bits per heavy atom. The van der Waals surface area contributed by atoms with Gasteiger partial charge in [0.1, 0.15) is 0 Å². The molecule has 1 fully saturated rings. The maximum absolute atomic E-state index is 11.3. The molecule has 0 aliphatic carbocycles. The van der Waals surface area contributed by atoms with Crippen LogP contribution in [0.3, 0.4) is 0 Å². The van der Waals surface area contributed by atoms with Crippen molar-refractivity contribution in [1.82, 2.24) is 15.5 Å². The number of hydrogen-bond acceptors (Lipinski definition) is 4. The number of hydrogen-bond donors (Lipinski definition) is 3. The minimum atomic E-state index is -0.463. The summed E-state index contributed by atoms with van der Waals surface area (Å²) in [5.74, 6) is 0.289. The highest BCUT2D eigenvalue weighted by Gasteiger charge is 2.22. The summed E-state index contributed by atoms with van der Waals surface area (Å²) in [6.07, 6.45) is 2.25. The lowest BCUT2D eigenvalue weighted by molar-refractivity contribution is -0.120. The van der Waals surface area contributed by atoms with Crippen LogP contribution in [0.1, 0.15) is 19.3 Å². The molecule has 0 aromatic carbocycles. The molecule has 0 aromatic rings. The minimum Gasteiger partial charge on any atom is -0.396 e. The van der Waals surface area contributed by atoms with Gasteiger partial charge in [-0.25, -0.2) is 4.79 Å². The molecule has 0 radical (unpaired) electrons. The van der Waals surface area contributed by atoms with Crippen molar-refractivity contribution in [3.63, 3.8) is 0 Å². The van der Waals surface area contributed by atoms with Crippen molar-refractivity contribution >= 4 is 11.9 Å². The number of nitrogens with zero attached hydrogens (tertiary/aromatic N) is 1. The SMILES string of the molecule is CNC(=O)NC(=O)CCN1CCC(CCO)C1. The number of rotatable bonds is 5. The van der Waals surface area contributed by atoms with E-state index < -0.39 is 6.03 Å². The second kappa shape index (κ2) is 7.24. The highest BCUT2D eigenvalue weighted by atomic mass is 16.3. The van der Waals surface area contributed by atoms with Crippen molar-refractivity contribution in [2.24, 2.45) is 5.92 Å². The number of imide groups is 1. The van der Waals surface area contributed by atoms with Crippen molar-refractivity contribution in [1.29, 1.82) is 0 Å². The molecular formula is C11H21N3O3. The monoisotopic (exact) mass is 243 g/mol. The van der Waals surface area contributed by atoms with Gasteiger partial charge in [-0.2, -0.15) is 0 Å². The van der Waals surface area contributed by atoms with Crippen LogP contribution >= 0.6 is 0 Å². The number of likely N-dealkylation sites (tertiary alicyclic amines) is 1. The van der Waals surface area contributed by atoms with Crippen LogP contribution in [0.4, 0.5) is 4.79 Å². The van der Waals surface area contributed by atoms with E-state index in [-0.39, 0.29) is 12.5 Å². The fraction of sp³-hybridized carbons (Fsp3) is 0.818. The fourth-order valence-electron chi connectivity index (χ4n) is 2.05. The molecule has 17 heavy (non-hydrogen) atoms. The number of urea groups is 1. The molecular weight excluding hydrogens is 222 g/mol. The first kappa shape index (κ1) is 13.9. The van der Waals surface area contributed by atoms with Crippen LogP contribution in [-0.4, -0.2) is 55.2 Å². The molecule has 3 N–H and O–H groups in total. The highest BCUT2D eigenvalue weighted by Crippen LogP contribution is 2.18. The summed E-state index contributed by atoms with van der Waals surface area (Å²) in [5, 5.41) is 13.4. The predicted octanol–water partition coefficient (Wildman–Crippen LogP) is -0.464. The Balaban J connectivity index is 2.15. The second-order valence-corrected chi connectivity index (χ2v) is 4.34. The molecule has 1 aliphatic rings. The Kier molecular flexibility index (Phi) is 5.93. The molecule has 1 unspecified atom stereocenters. The molecule has 1 atom stereocenters. The highest BCUT2D eigenvalue weighted by molar-refractivity contribution is 5.94. The molecule has 1 rings (SSSR count). The summed E-state index contributed by atoms with van der Waals surface area (Å²) in [6.45, 7) is 2.81.